The Morgan fingerprint density at radius 3 is 2.45 bits per heavy atom. The molecule has 5 heteroatoms. The van der Waals surface area contributed by atoms with Crippen LogP contribution in [-0.4, -0.2) is 24.0 Å². The quantitative estimate of drug-likeness (QED) is 0.787. The molecule has 1 N–H and O–H groups in total. The van der Waals surface area contributed by atoms with E-state index < -0.39 is 0 Å². The van der Waals surface area contributed by atoms with Crippen molar-refractivity contribution in [1.29, 1.82) is 0 Å². The van der Waals surface area contributed by atoms with Crippen molar-refractivity contribution < 1.29 is 4.79 Å². The zero-order chi connectivity index (χ0) is 15.9. The first-order valence-corrected chi connectivity index (χ1v) is 7.82. The summed E-state index contributed by atoms with van der Waals surface area (Å²) in [5, 5.41) is 5.73. The normalized spacial score (nSPS) is 10.0. The fraction of sp³-hybridized carbons (Fsp3) is 0.176. The zero-order valence-corrected chi connectivity index (χ0v) is 13.4. The molecule has 114 valence electrons. The van der Waals surface area contributed by atoms with Gasteiger partial charge in [-0.2, -0.15) is 0 Å². The van der Waals surface area contributed by atoms with Crippen LogP contribution in [0.1, 0.15) is 6.92 Å². The van der Waals surface area contributed by atoms with Crippen molar-refractivity contribution in [3.63, 3.8) is 0 Å². The minimum absolute atomic E-state index is 0.0758. The molecule has 1 amide bonds. The van der Waals surface area contributed by atoms with Crippen LogP contribution in [0.3, 0.4) is 0 Å². The number of amides is 1. The third-order valence-electron chi connectivity index (χ3n) is 2.96. The van der Waals surface area contributed by atoms with Crippen LogP contribution < -0.4 is 10.2 Å². The number of carbonyl (C=O) groups is 1. The molecule has 0 saturated heterocycles. The van der Waals surface area contributed by atoms with Gasteiger partial charge in [-0.3, -0.25) is 4.79 Å². The summed E-state index contributed by atoms with van der Waals surface area (Å²) in [7, 11) is 0. The maximum absolute atomic E-state index is 11.0. The molecule has 0 bridgehead atoms. The van der Waals surface area contributed by atoms with E-state index in [4.69, 9.17) is 0 Å². The van der Waals surface area contributed by atoms with E-state index in [1.165, 1.54) is 6.92 Å². The van der Waals surface area contributed by atoms with Crippen molar-refractivity contribution in [2.24, 2.45) is 0 Å². The van der Waals surface area contributed by atoms with E-state index >= 15 is 0 Å². The minimum Gasteiger partial charge on any atom is -0.341 e. The Morgan fingerprint density at radius 2 is 1.91 bits per heavy atom. The molecular formula is C17H19N3OS. The van der Waals surface area contributed by atoms with Gasteiger partial charge in [-0.25, -0.2) is 4.98 Å². The highest BCUT2D eigenvalue weighted by Crippen LogP contribution is 2.28. The number of hydrogen-bond acceptors (Lipinski definition) is 4. The number of hydrogen-bond donors (Lipinski definition) is 1. The minimum atomic E-state index is -0.0758. The largest absolute Gasteiger partial charge is 0.341 e. The molecule has 0 radical (unpaired) electrons. The Morgan fingerprint density at radius 1 is 1.27 bits per heavy atom. The van der Waals surface area contributed by atoms with Gasteiger partial charge >= 0.3 is 0 Å². The Balaban J connectivity index is 2.17. The first-order chi connectivity index (χ1) is 10.6. The first-order valence-electron chi connectivity index (χ1n) is 6.94. The smallest absolute Gasteiger partial charge is 0.221 e. The summed E-state index contributed by atoms with van der Waals surface area (Å²) in [6.07, 6.45) is 3.71. The van der Waals surface area contributed by atoms with Gasteiger partial charge in [-0.05, 0) is 12.1 Å². The summed E-state index contributed by atoms with van der Waals surface area (Å²) in [6.45, 7) is 10.5. The Kier molecular flexibility index (Phi) is 5.49. The number of thiazole rings is 1. The predicted molar refractivity (Wildman–Crippen MR) is 94.5 cm³/mol. The van der Waals surface area contributed by atoms with Gasteiger partial charge in [0.1, 0.15) is 0 Å². The third-order valence-corrected chi connectivity index (χ3v) is 3.86. The molecule has 4 nitrogen and oxygen atoms in total. The third kappa shape index (κ3) is 4.05. The molecular weight excluding hydrogens is 294 g/mol. The Labute approximate surface area is 134 Å². The molecule has 1 aromatic carbocycles. The molecule has 22 heavy (non-hydrogen) atoms. The fourth-order valence-corrected chi connectivity index (χ4v) is 2.87. The van der Waals surface area contributed by atoms with Crippen molar-refractivity contribution in [2.75, 3.05) is 23.3 Å². The second-order valence-corrected chi connectivity index (χ2v) is 5.59. The van der Waals surface area contributed by atoms with Crippen LogP contribution in [0.5, 0.6) is 0 Å². The average Bonchev–Trinajstić information content (AvgIpc) is 2.97. The molecule has 0 aliphatic heterocycles. The molecule has 0 atom stereocenters. The van der Waals surface area contributed by atoms with Crippen molar-refractivity contribution in [3.05, 3.63) is 55.0 Å². The molecule has 1 aromatic heterocycles. The molecule has 2 aromatic rings. The fourth-order valence-electron chi connectivity index (χ4n) is 2.01. The van der Waals surface area contributed by atoms with E-state index in [1.807, 2.05) is 41.8 Å². The lowest BCUT2D eigenvalue weighted by molar-refractivity contribution is -0.114. The van der Waals surface area contributed by atoms with E-state index in [0.717, 1.165) is 35.2 Å². The van der Waals surface area contributed by atoms with Crippen LogP contribution in [0.25, 0.3) is 11.3 Å². The predicted octanol–water partition coefficient (Wildman–Crippen LogP) is 3.95. The number of carbonyl (C=O) groups excluding carboxylic acids is 1. The second-order valence-electron chi connectivity index (χ2n) is 4.76. The Hall–Kier alpha value is -2.40. The van der Waals surface area contributed by atoms with E-state index in [9.17, 15) is 4.79 Å². The number of nitrogens with zero attached hydrogens (tertiary/aromatic N) is 2. The number of benzene rings is 1. The van der Waals surface area contributed by atoms with Gasteiger partial charge in [0.05, 0.1) is 5.69 Å². The van der Waals surface area contributed by atoms with E-state index in [0.29, 0.717) is 0 Å². The van der Waals surface area contributed by atoms with Crippen LogP contribution in [-0.2, 0) is 4.79 Å². The van der Waals surface area contributed by atoms with Crippen LogP contribution in [0.4, 0.5) is 10.8 Å². The average molecular weight is 313 g/mol. The molecule has 0 unspecified atom stereocenters. The van der Waals surface area contributed by atoms with Crippen molar-refractivity contribution >= 4 is 28.1 Å². The lowest BCUT2D eigenvalue weighted by atomic mass is 10.1. The van der Waals surface area contributed by atoms with E-state index in [-0.39, 0.29) is 5.91 Å². The van der Waals surface area contributed by atoms with E-state index in [1.54, 1.807) is 11.3 Å². The number of rotatable bonds is 7. The van der Waals surface area contributed by atoms with Crippen LogP contribution in [0, 0.1) is 0 Å². The van der Waals surface area contributed by atoms with Gasteiger partial charge in [0.15, 0.2) is 5.13 Å². The number of aromatic nitrogens is 1. The van der Waals surface area contributed by atoms with Gasteiger partial charge in [0.2, 0.25) is 5.91 Å². The maximum atomic E-state index is 11.0. The number of nitrogens with one attached hydrogen (secondary N) is 1. The highest BCUT2D eigenvalue weighted by molar-refractivity contribution is 7.14. The molecule has 1 heterocycles. The first kappa shape index (κ1) is 16.0. The summed E-state index contributed by atoms with van der Waals surface area (Å²) in [5.41, 5.74) is 2.73. The Bertz CT molecular complexity index is 651. The van der Waals surface area contributed by atoms with Crippen LogP contribution in [0.2, 0.25) is 0 Å². The molecule has 0 aliphatic rings. The molecule has 2 rings (SSSR count). The van der Waals surface area contributed by atoms with Gasteiger partial charge in [-0.1, -0.05) is 24.3 Å². The summed E-state index contributed by atoms with van der Waals surface area (Å²) in [4.78, 5) is 17.8. The standard InChI is InChI=1S/C17H19N3OS/c1-4-10-20(11-5-2)17-19-16(12-22-17)14-6-8-15(9-7-14)18-13(3)21/h4-9,12H,1-2,10-11H2,3H3,(H,18,21). The SMILES string of the molecule is C=CCN(CC=C)c1nc(-c2ccc(NC(C)=O)cc2)cs1. The van der Waals surface area contributed by atoms with E-state index in [2.05, 4.69) is 28.4 Å². The zero-order valence-electron chi connectivity index (χ0n) is 12.6. The highest BCUT2D eigenvalue weighted by atomic mass is 32.1. The lowest BCUT2D eigenvalue weighted by Gasteiger charge is -2.17. The topological polar surface area (TPSA) is 45.2 Å². The maximum Gasteiger partial charge on any atom is 0.221 e. The monoisotopic (exact) mass is 313 g/mol. The summed E-state index contributed by atoms with van der Waals surface area (Å²) in [5.74, 6) is -0.0758. The van der Waals surface area contributed by atoms with Crippen LogP contribution >= 0.6 is 11.3 Å². The van der Waals surface area contributed by atoms with Crippen molar-refractivity contribution in [3.8, 4) is 11.3 Å². The van der Waals surface area contributed by atoms with Gasteiger partial charge in [0, 0.05) is 36.6 Å². The molecule has 0 saturated carbocycles. The second kappa shape index (κ2) is 7.56. The summed E-state index contributed by atoms with van der Waals surface area (Å²) in [6, 6.07) is 7.66. The van der Waals surface area contributed by atoms with Crippen LogP contribution in [0.15, 0.2) is 55.0 Å². The van der Waals surface area contributed by atoms with Gasteiger partial charge in [0.25, 0.3) is 0 Å². The van der Waals surface area contributed by atoms with Crippen molar-refractivity contribution in [1.82, 2.24) is 4.98 Å². The summed E-state index contributed by atoms with van der Waals surface area (Å²) < 4.78 is 0. The van der Waals surface area contributed by atoms with Gasteiger partial charge < -0.3 is 10.2 Å². The lowest BCUT2D eigenvalue weighted by Crippen LogP contribution is -2.22. The van der Waals surface area contributed by atoms with Gasteiger partial charge in [-0.15, -0.1) is 24.5 Å². The number of anilines is 2. The molecule has 0 fully saturated rings. The summed E-state index contributed by atoms with van der Waals surface area (Å²) >= 11 is 1.60. The highest BCUT2D eigenvalue weighted by Gasteiger charge is 2.10. The molecule has 0 aliphatic carbocycles. The molecule has 0 spiro atoms. The van der Waals surface area contributed by atoms with Crippen molar-refractivity contribution in [2.45, 2.75) is 6.92 Å².